The lowest BCUT2D eigenvalue weighted by atomic mass is 10.2. The first-order valence-corrected chi connectivity index (χ1v) is 5.52. The molecule has 0 saturated carbocycles. The molecule has 1 aromatic heterocycles. The highest BCUT2D eigenvalue weighted by atomic mass is 32.1. The number of anilines is 1. The van der Waals surface area contributed by atoms with E-state index < -0.39 is 0 Å². The van der Waals surface area contributed by atoms with Gasteiger partial charge in [-0.2, -0.15) is 0 Å². The van der Waals surface area contributed by atoms with Crippen LogP contribution < -0.4 is 5.32 Å². The Labute approximate surface area is 91.8 Å². The van der Waals surface area contributed by atoms with Gasteiger partial charge < -0.3 is 5.32 Å². The molecule has 0 aliphatic carbocycles. The minimum atomic E-state index is -0.216. The lowest BCUT2D eigenvalue weighted by Crippen LogP contribution is -2.00. The fourth-order valence-corrected chi connectivity index (χ4v) is 1.83. The summed E-state index contributed by atoms with van der Waals surface area (Å²) in [5.41, 5.74) is 1.45. The van der Waals surface area contributed by atoms with Gasteiger partial charge in [-0.1, -0.05) is 6.07 Å². The number of hydrogen-bond donors (Lipinski definition) is 1. The van der Waals surface area contributed by atoms with Gasteiger partial charge in [-0.15, -0.1) is 11.3 Å². The molecule has 0 fully saturated rings. The van der Waals surface area contributed by atoms with Crippen LogP contribution in [0.2, 0.25) is 0 Å². The van der Waals surface area contributed by atoms with E-state index in [1.54, 1.807) is 23.6 Å². The van der Waals surface area contributed by atoms with Crippen LogP contribution >= 0.6 is 11.3 Å². The molecular weight excluding hydrogens is 211 g/mol. The minimum Gasteiger partial charge on any atom is -0.376 e. The van der Waals surface area contributed by atoms with Crippen molar-refractivity contribution in [1.29, 1.82) is 0 Å². The molecule has 15 heavy (non-hydrogen) atoms. The van der Waals surface area contributed by atoms with Gasteiger partial charge in [0.25, 0.3) is 0 Å². The summed E-state index contributed by atoms with van der Waals surface area (Å²) in [4.78, 5) is 4.11. The van der Waals surface area contributed by atoms with E-state index in [0.717, 1.165) is 10.6 Å². The molecule has 0 aliphatic heterocycles. The molecule has 0 saturated heterocycles. The van der Waals surface area contributed by atoms with Gasteiger partial charge in [-0.25, -0.2) is 9.37 Å². The number of aryl methyl sites for hydroxylation is 1. The van der Waals surface area contributed by atoms with Gasteiger partial charge in [0.05, 0.1) is 12.2 Å². The van der Waals surface area contributed by atoms with Gasteiger partial charge in [0.1, 0.15) is 10.8 Å². The molecule has 4 heteroatoms. The zero-order valence-electron chi connectivity index (χ0n) is 8.33. The SMILES string of the molecule is Cc1ccc(NCc2nccs2)c(F)c1. The van der Waals surface area contributed by atoms with Crippen molar-refractivity contribution in [2.24, 2.45) is 0 Å². The highest BCUT2D eigenvalue weighted by Crippen LogP contribution is 2.16. The van der Waals surface area contributed by atoms with Crippen LogP contribution in [0.25, 0.3) is 0 Å². The molecule has 0 atom stereocenters. The van der Waals surface area contributed by atoms with Gasteiger partial charge in [0, 0.05) is 11.6 Å². The molecule has 0 radical (unpaired) electrons. The maximum Gasteiger partial charge on any atom is 0.146 e. The van der Waals surface area contributed by atoms with Gasteiger partial charge in [0.15, 0.2) is 0 Å². The van der Waals surface area contributed by atoms with E-state index in [1.165, 1.54) is 6.07 Å². The molecule has 78 valence electrons. The van der Waals surface area contributed by atoms with Crippen LogP contribution in [-0.4, -0.2) is 4.98 Å². The highest BCUT2D eigenvalue weighted by Gasteiger charge is 2.02. The van der Waals surface area contributed by atoms with Crippen LogP contribution in [0.4, 0.5) is 10.1 Å². The molecule has 0 amide bonds. The Morgan fingerprint density at radius 3 is 3.00 bits per heavy atom. The van der Waals surface area contributed by atoms with Crippen molar-refractivity contribution in [3.8, 4) is 0 Å². The van der Waals surface area contributed by atoms with Crippen LogP contribution in [0.15, 0.2) is 29.8 Å². The van der Waals surface area contributed by atoms with E-state index in [9.17, 15) is 4.39 Å². The number of hydrogen-bond acceptors (Lipinski definition) is 3. The number of nitrogens with one attached hydrogen (secondary N) is 1. The summed E-state index contributed by atoms with van der Waals surface area (Å²) in [5, 5.41) is 5.87. The lowest BCUT2D eigenvalue weighted by molar-refractivity contribution is 0.629. The Morgan fingerprint density at radius 1 is 1.47 bits per heavy atom. The van der Waals surface area contributed by atoms with Crippen LogP contribution in [0.3, 0.4) is 0 Å². The third-order valence-corrected chi connectivity index (χ3v) is 2.82. The van der Waals surface area contributed by atoms with E-state index in [4.69, 9.17) is 0 Å². The lowest BCUT2D eigenvalue weighted by Gasteiger charge is -2.05. The first kappa shape index (κ1) is 10.1. The topological polar surface area (TPSA) is 24.9 Å². The fourth-order valence-electron chi connectivity index (χ4n) is 1.27. The van der Waals surface area contributed by atoms with Crippen molar-refractivity contribution in [3.05, 3.63) is 46.2 Å². The third-order valence-electron chi connectivity index (χ3n) is 2.04. The number of benzene rings is 1. The van der Waals surface area contributed by atoms with Gasteiger partial charge in [-0.05, 0) is 24.6 Å². The third kappa shape index (κ3) is 2.53. The molecule has 0 spiro atoms. The molecule has 1 aromatic carbocycles. The molecule has 2 rings (SSSR count). The zero-order chi connectivity index (χ0) is 10.7. The van der Waals surface area contributed by atoms with Crippen molar-refractivity contribution in [3.63, 3.8) is 0 Å². The number of thiazole rings is 1. The average Bonchev–Trinajstić information content (AvgIpc) is 2.69. The zero-order valence-corrected chi connectivity index (χ0v) is 9.14. The normalized spacial score (nSPS) is 10.3. The Bertz CT molecular complexity index is 440. The first-order chi connectivity index (χ1) is 7.25. The number of aromatic nitrogens is 1. The smallest absolute Gasteiger partial charge is 0.146 e. The largest absolute Gasteiger partial charge is 0.376 e. The second-order valence-electron chi connectivity index (χ2n) is 3.26. The van der Waals surface area contributed by atoms with E-state index in [1.807, 2.05) is 18.4 Å². The highest BCUT2D eigenvalue weighted by molar-refractivity contribution is 7.09. The van der Waals surface area contributed by atoms with Crippen molar-refractivity contribution >= 4 is 17.0 Å². The number of halogens is 1. The van der Waals surface area contributed by atoms with Gasteiger partial charge in [0.2, 0.25) is 0 Å². The fraction of sp³-hybridized carbons (Fsp3) is 0.182. The van der Waals surface area contributed by atoms with E-state index in [2.05, 4.69) is 10.3 Å². The molecule has 1 N–H and O–H groups in total. The van der Waals surface area contributed by atoms with Gasteiger partial charge >= 0.3 is 0 Å². The van der Waals surface area contributed by atoms with E-state index in [-0.39, 0.29) is 5.82 Å². The Hall–Kier alpha value is -1.42. The predicted octanol–water partition coefficient (Wildman–Crippen LogP) is 3.20. The Kier molecular flexibility index (Phi) is 2.97. The number of nitrogens with zero attached hydrogens (tertiary/aromatic N) is 1. The van der Waals surface area contributed by atoms with Crippen LogP contribution in [-0.2, 0) is 6.54 Å². The minimum absolute atomic E-state index is 0.216. The molecule has 0 bridgehead atoms. The maximum atomic E-state index is 13.4. The summed E-state index contributed by atoms with van der Waals surface area (Å²) < 4.78 is 13.4. The predicted molar refractivity (Wildman–Crippen MR) is 60.6 cm³/mol. The van der Waals surface area contributed by atoms with Crippen molar-refractivity contribution in [2.45, 2.75) is 13.5 Å². The molecule has 2 aromatic rings. The summed E-state index contributed by atoms with van der Waals surface area (Å²) in [6, 6.07) is 5.15. The second kappa shape index (κ2) is 4.40. The standard InChI is InChI=1S/C11H11FN2S/c1-8-2-3-10(9(12)6-8)14-7-11-13-4-5-15-11/h2-6,14H,7H2,1H3. The van der Waals surface area contributed by atoms with Crippen molar-refractivity contribution in [2.75, 3.05) is 5.32 Å². The Morgan fingerprint density at radius 2 is 2.33 bits per heavy atom. The van der Waals surface area contributed by atoms with Crippen molar-refractivity contribution < 1.29 is 4.39 Å². The molecule has 2 nitrogen and oxygen atoms in total. The quantitative estimate of drug-likeness (QED) is 0.862. The summed E-state index contributed by atoms with van der Waals surface area (Å²) in [6.45, 7) is 2.44. The summed E-state index contributed by atoms with van der Waals surface area (Å²) in [7, 11) is 0. The molecule has 1 heterocycles. The molecular formula is C11H11FN2S. The van der Waals surface area contributed by atoms with E-state index >= 15 is 0 Å². The molecule has 0 aliphatic rings. The van der Waals surface area contributed by atoms with E-state index in [0.29, 0.717) is 12.2 Å². The van der Waals surface area contributed by atoms with Gasteiger partial charge in [-0.3, -0.25) is 0 Å². The van der Waals surface area contributed by atoms with Crippen LogP contribution in [0, 0.1) is 12.7 Å². The maximum absolute atomic E-state index is 13.4. The summed E-state index contributed by atoms with van der Waals surface area (Å²) in [6.07, 6.45) is 1.74. The van der Waals surface area contributed by atoms with Crippen LogP contribution in [0.5, 0.6) is 0 Å². The number of rotatable bonds is 3. The first-order valence-electron chi connectivity index (χ1n) is 4.64. The monoisotopic (exact) mass is 222 g/mol. The summed E-state index contributed by atoms with van der Waals surface area (Å²) >= 11 is 1.56. The summed E-state index contributed by atoms with van der Waals surface area (Å²) in [5.74, 6) is -0.216. The second-order valence-corrected chi connectivity index (χ2v) is 4.24. The molecule has 0 unspecified atom stereocenters. The van der Waals surface area contributed by atoms with Crippen molar-refractivity contribution in [1.82, 2.24) is 4.98 Å². The Balaban J connectivity index is 2.05. The van der Waals surface area contributed by atoms with Crippen LogP contribution in [0.1, 0.15) is 10.6 Å². The average molecular weight is 222 g/mol.